The van der Waals surface area contributed by atoms with Crippen molar-refractivity contribution in [3.63, 3.8) is 0 Å². The standard InChI is InChI=1S/C29H26Cl2N4O2/c1-19(2)34(29(37)32-27-21(30)12-8-13-22(27)31)18-26(36)35-24-15-7-6-14-23(24)33-17-9-16-25(33)28(35)20-10-4-3-5-11-20/h3-17,19,28H,18H2,1-2H3,(H,32,37). The van der Waals surface area contributed by atoms with Crippen molar-refractivity contribution in [2.75, 3.05) is 16.8 Å². The number of carbonyl (C=O) groups is 2. The van der Waals surface area contributed by atoms with Gasteiger partial charge in [-0.25, -0.2) is 4.79 Å². The van der Waals surface area contributed by atoms with Gasteiger partial charge in [-0.05, 0) is 55.8 Å². The van der Waals surface area contributed by atoms with E-state index in [1.54, 1.807) is 23.1 Å². The number of para-hydroxylation sites is 3. The predicted molar refractivity (Wildman–Crippen MR) is 149 cm³/mol. The van der Waals surface area contributed by atoms with E-state index in [0.29, 0.717) is 15.7 Å². The minimum Gasteiger partial charge on any atom is -0.316 e. The molecule has 5 rings (SSSR count). The van der Waals surface area contributed by atoms with Crippen molar-refractivity contribution in [1.29, 1.82) is 0 Å². The van der Waals surface area contributed by atoms with Crippen molar-refractivity contribution in [2.45, 2.75) is 25.9 Å². The van der Waals surface area contributed by atoms with Gasteiger partial charge in [0.05, 0.1) is 32.8 Å². The summed E-state index contributed by atoms with van der Waals surface area (Å²) in [6, 6.07) is 25.7. The van der Waals surface area contributed by atoms with Gasteiger partial charge in [-0.1, -0.05) is 71.7 Å². The van der Waals surface area contributed by atoms with Gasteiger partial charge in [-0.3, -0.25) is 9.69 Å². The Labute approximate surface area is 226 Å². The molecule has 2 heterocycles. The van der Waals surface area contributed by atoms with Crippen LogP contribution in [0.5, 0.6) is 0 Å². The average Bonchev–Trinajstić information content (AvgIpc) is 3.39. The number of nitrogens with one attached hydrogen (secondary N) is 1. The van der Waals surface area contributed by atoms with Crippen molar-refractivity contribution in [3.8, 4) is 5.69 Å². The molecule has 0 radical (unpaired) electrons. The molecule has 1 aliphatic rings. The number of aromatic nitrogens is 1. The first-order valence-electron chi connectivity index (χ1n) is 12.0. The monoisotopic (exact) mass is 532 g/mol. The average molecular weight is 533 g/mol. The second-order valence-electron chi connectivity index (χ2n) is 9.12. The molecule has 0 saturated carbocycles. The summed E-state index contributed by atoms with van der Waals surface area (Å²) >= 11 is 12.5. The topological polar surface area (TPSA) is 57.6 Å². The third-order valence-corrected chi connectivity index (χ3v) is 7.12. The van der Waals surface area contributed by atoms with Gasteiger partial charge in [0.2, 0.25) is 5.91 Å². The first-order valence-corrected chi connectivity index (χ1v) is 12.8. The number of hydrogen-bond acceptors (Lipinski definition) is 2. The third-order valence-electron chi connectivity index (χ3n) is 6.49. The summed E-state index contributed by atoms with van der Waals surface area (Å²) in [4.78, 5) is 30.8. The summed E-state index contributed by atoms with van der Waals surface area (Å²) in [5.74, 6) is -0.206. The zero-order valence-corrected chi connectivity index (χ0v) is 21.9. The molecule has 37 heavy (non-hydrogen) atoms. The highest BCUT2D eigenvalue weighted by Gasteiger charge is 2.37. The highest BCUT2D eigenvalue weighted by Crippen LogP contribution is 2.42. The molecule has 3 aromatic carbocycles. The molecular weight excluding hydrogens is 507 g/mol. The molecule has 0 bridgehead atoms. The van der Waals surface area contributed by atoms with Gasteiger partial charge in [0.25, 0.3) is 0 Å². The first kappa shape index (κ1) is 24.9. The summed E-state index contributed by atoms with van der Waals surface area (Å²) in [5.41, 5.74) is 3.96. The number of halogens is 2. The fourth-order valence-electron chi connectivity index (χ4n) is 4.72. The molecule has 1 aliphatic heterocycles. The number of anilines is 2. The van der Waals surface area contributed by atoms with Crippen LogP contribution in [0.25, 0.3) is 5.69 Å². The molecule has 0 fully saturated rings. The second kappa shape index (κ2) is 10.3. The Balaban J connectivity index is 1.51. The van der Waals surface area contributed by atoms with Crippen molar-refractivity contribution in [3.05, 3.63) is 112 Å². The molecule has 1 aromatic heterocycles. The van der Waals surface area contributed by atoms with E-state index in [4.69, 9.17) is 23.2 Å². The van der Waals surface area contributed by atoms with Gasteiger partial charge in [0, 0.05) is 12.2 Å². The Kier molecular flexibility index (Phi) is 6.96. The van der Waals surface area contributed by atoms with Crippen molar-refractivity contribution < 1.29 is 9.59 Å². The van der Waals surface area contributed by atoms with Crippen LogP contribution in [-0.2, 0) is 4.79 Å². The van der Waals surface area contributed by atoms with E-state index in [-0.39, 0.29) is 24.5 Å². The van der Waals surface area contributed by atoms with Crippen LogP contribution in [0.3, 0.4) is 0 Å². The Hall–Kier alpha value is -3.74. The van der Waals surface area contributed by atoms with E-state index in [0.717, 1.165) is 22.6 Å². The number of benzene rings is 3. The molecule has 1 N–H and O–H groups in total. The maximum Gasteiger partial charge on any atom is 0.322 e. The predicted octanol–water partition coefficient (Wildman–Crippen LogP) is 7.16. The normalized spacial score (nSPS) is 14.2. The summed E-state index contributed by atoms with van der Waals surface area (Å²) in [6.45, 7) is 3.60. The number of carbonyl (C=O) groups excluding carboxylic acids is 2. The van der Waals surface area contributed by atoms with Crippen LogP contribution in [0.2, 0.25) is 10.0 Å². The van der Waals surface area contributed by atoms with Crippen LogP contribution >= 0.6 is 23.2 Å². The SMILES string of the molecule is CC(C)N(CC(=O)N1c2ccccc2-n2cccc2C1c1ccccc1)C(=O)Nc1c(Cl)cccc1Cl. The van der Waals surface area contributed by atoms with E-state index in [1.807, 2.05) is 86.8 Å². The van der Waals surface area contributed by atoms with Crippen LogP contribution in [0, 0.1) is 0 Å². The molecule has 6 nitrogen and oxygen atoms in total. The van der Waals surface area contributed by atoms with E-state index >= 15 is 0 Å². The Bertz CT molecular complexity index is 1430. The molecule has 1 unspecified atom stereocenters. The first-order chi connectivity index (χ1) is 17.9. The van der Waals surface area contributed by atoms with Crippen LogP contribution in [0.1, 0.15) is 31.1 Å². The largest absolute Gasteiger partial charge is 0.322 e. The van der Waals surface area contributed by atoms with Gasteiger partial charge in [-0.2, -0.15) is 0 Å². The molecule has 1 atom stereocenters. The molecular formula is C29H26Cl2N4O2. The Morgan fingerprint density at radius 2 is 1.51 bits per heavy atom. The molecule has 8 heteroatoms. The molecule has 0 saturated heterocycles. The van der Waals surface area contributed by atoms with Crippen LogP contribution < -0.4 is 10.2 Å². The van der Waals surface area contributed by atoms with Gasteiger partial charge in [-0.15, -0.1) is 0 Å². The zero-order valence-electron chi connectivity index (χ0n) is 20.4. The Morgan fingerprint density at radius 1 is 0.865 bits per heavy atom. The second-order valence-corrected chi connectivity index (χ2v) is 9.93. The summed E-state index contributed by atoms with van der Waals surface area (Å²) in [7, 11) is 0. The fraction of sp³-hybridized carbons (Fsp3) is 0.172. The number of fused-ring (bicyclic) bond motifs is 3. The minimum absolute atomic E-state index is 0.135. The number of hydrogen-bond donors (Lipinski definition) is 1. The van der Waals surface area contributed by atoms with E-state index in [1.165, 1.54) is 4.90 Å². The molecule has 4 aromatic rings. The van der Waals surface area contributed by atoms with E-state index in [9.17, 15) is 9.59 Å². The highest BCUT2D eigenvalue weighted by molar-refractivity contribution is 6.39. The third kappa shape index (κ3) is 4.70. The summed E-state index contributed by atoms with van der Waals surface area (Å²) < 4.78 is 2.11. The van der Waals surface area contributed by atoms with Gasteiger partial charge in [0.1, 0.15) is 12.6 Å². The maximum absolute atomic E-state index is 14.1. The maximum atomic E-state index is 14.1. The Morgan fingerprint density at radius 3 is 2.19 bits per heavy atom. The smallest absolute Gasteiger partial charge is 0.316 e. The minimum atomic E-state index is -0.455. The van der Waals surface area contributed by atoms with E-state index < -0.39 is 6.03 Å². The summed E-state index contributed by atoms with van der Waals surface area (Å²) in [6.07, 6.45) is 2.01. The number of amides is 3. The molecule has 0 spiro atoms. The lowest BCUT2D eigenvalue weighted by Gasteiger charge is -2.40. The number of rotatable bonds is 5. The van der Waals surface area contributed by atoms with Crippen molar-refractivity contribution in [2.24, 2.45) is 0 Å². The van der Waals surface area contributed by atoms with Crippen LogP contribution in [-0.4, -0.2) is 34.0 Å². The molecule has 0 aliphatic carbocycles. The van der Waals surface area contributed by atoms with Crippen LogP contribution in [0.4, 0.5) is 16.2 Å². The number of urea groups is 1. The molecule has 3 amide bonds. The summed E-state index contributed by atoms with van der Waals surface area (Å²) in [5, 5.41) is 3.44. The van der Waals surface area contributed by atoms with Gasteiger partial charge in [0.15, 0.2) is 0 Å². The van der Waals surface area contributed by atoms with Crippen LogP contribution in [0.15, 0.2) is 91.1 Å². The van der Waals surface area contributed by atoms with Crippen molar-refractivity contribution >= 4 is 46.5 Å². The lowest BCUT2D eigenvalue weighted by molar-refractivity contribution is -0.119. The van der Waals surface area contributed by atoms with Crippen molar-refractivity contribution in [1.82, 2.24) is 9.47 Å². The zero-order chi connectivity index (χ0) is 26.1. The van der Waals surface area contributed by atoms with E-state index in [2.05, 4.69) is 9.88 Å². The highest BCUT2D eigenvalue weighted by atomic mass is 35.5. The quantitative estimate of drug-likeness (QED) is 0.296. The lowest BCUT2D eigenvalue weighted by Crippen LogP contribution is -2.49. The fourth-order valence-corrected chi connectivity index (χ4v) is 5.21. The molecule has 188 valence electrons. The van der Waals surface area contributed by atoms with Gasteiger partial charge < -0.3 is 14.8 Å². The van der Waals surface area contributed by atoms with Gasteiger partial charge >= 0.3 is 6.03 Å². The lowest BCUT2D eigenvalue weighted by atomic mass is 9.97. The number of nitrogens with zero attached hydrogens (tertiary/aromatic N) is 3.